The van der Waals surface area contributed by atoms with Crippen LogP contribution in [-0.2, 0) is 6.54 Å². The third-order valence-corrected chi connectivity index (χ3v) is 3.38. The number of hydroxylamine groups is 1. The number of carbonyl (C=O) groups excluding carboxylic acids is 1. The number of carbonyl (C=O) groups is 1. The van der Waals surface area contributed by atoms with Crippen molar-refractivity contribution in [1.29, 1.82) is 0 Å². The molecule has 5 heteroatoms. The van der Waals surface area contributed by atoms with Crippen LogP contribution in [0.3, 0.4) is 0 Å². The maximum Gasteiger partial charge on any atom is 0.255 e. The fourth-order valence-electron chi connectivity index (χ4n) is 2.26. The fourth-order valence-corrected chi connectivity index (χ4v) is 2.26. The average molecular weight is 293 g/mol. The number of hydrogen-bond acceptors (Lipinski definition) is 4. The van der Waals surface area contributed by atoms with Gasteiger partial charge in [-0.15, -0.1) is 0 Å². The summed E-state index contributed by atoms with van der Waals surface area (Å²) >= 11 is 0. The van der Waals surface area contributed by atoms with Gasteiger partial charge in [-0.25, -0.2) is 5.48 Å². The van der Waals surface area contributed by atoms with E-state index in [1.807, 2.05) is 30.3 Å². The zero-order chi connectivity index (χ0) is 15.4. The molecule has 0 unspecified atom stereocenters. The number of anilines is 1. The summed E-state index contributed by atoms with van der Waals surface area (Å²) in [6.07, 6.45) is 1.70. The van der Waals surface area contributed by atoms with E-state index in [1.165, 1.54) is 0 Å². The van der Waals surface area contributed by atoms with Crippen LogP contribution in [-0.4, -0.2) is 16.1 Å². The van der Waals surface area contributed by atoms with Gasteiger partial charge < -0.3 is 10.5 Å². The molecule has 2 aromatic carbocycles. The smallest absolute Gasteiger partial charge is 0.255 e. The summed E-state index contributed by atoms with van der Waals surface area (Å²) in [7, 11) is 0. The molecule has 0 radical (unpaired) electrons. The average Bonchev–Trinajstić information content (AvgIpc) is 2.56. The van der Waals surface area contributed by atoms with Crippen LogP contribution in [0.4, 0.5) is 5.69 Å². The molecule has 0 atom stereocenters. The van der Waals surface area contributed by atoms with Gasteiger partial charge in [0.1, 0.15) is 0 Å². The van der Waals surface area contributed by atoms with Gasteiger partial charge in [-0.2, -0.15) is 0 Å². The Morgan fingerprint density at radius 2 is 1.82 bits per heavy atom. The maximum atomic E-state index is 12.3. The van der Waals surface area contributed by atoms with Gasteiger partial charge in [-0.1, -0.05) is 30.3 Å². The summed E-state index contributed by atoms with van der Waals surface area (Å²) in [6, 6.07) is 16.5. The molecule has 3 aromatic rings. The first-order valence-electron chi connectivity index (χ1n) is 6.89. The van der Waals surface area contributed by atoms with E-state index in [2.05, 4.69) is 15.8 Å². The van der Waals surface area contributed by atoms with Crippen LogP contribution in [0, 0.1) is 0 Å². The van der Waals surface area contributed by atoms with Gasteiger partial charge in [0.05, 0.1) is 11.2 Å². The van der Waals surface area contributed by atoms with Crippen LogP contribution in [0.25, 0.3) is 10.9 Å². The number of hydrogen-bond donors (Lipinski definition) is 3. The van der Waals surface area contributed by atoms with Gasteiger partial charge in [-0.3, -0.25) is 9.78 Å². The van der Waals surface area contributed by atoms with E-state index in [9.17, 15) is 4.79 Å². The largest absolute Gasteiger partial charge is 0.320 e. The predicted molar refractivity (Wildman–Crippen MR) is 84.8 cm³/mol. The summed E-state index contributed by atoms with van der Waals surface area (Å²) in [5.41, 5.74) is 4.98. The Morgan fingerprint density at radius 3 is 2.59 bits per heavy atom. The number of fused-ring (bicyclic) bond motifs is 1. The number of amides is 1. The molecule has 22 heavy (non-hydrogen) atoms. The summed E-state index contributed by atoms with van der Waals surface area (Å²) < 4.78 is 0. The van der Waals surface area contributed by atoms with Crippen molar-refractivity contribution in [3.63, 3.8) is 0 Å². The van der Waals surface area contributed by atoms with Crippen molar-refractivity contribution in [2.75, 3.05) is 5.32 Å². The lowest BCUT2D eigenvalue weighted by Gasteiger charge is -2.08. The number of nitrogens with one attached hydrogen (secondary N) is 2. The molecule has 0 bridgehead atoms. The molecule has 0 spiro atoms. The molecule has 0 aliphatic rings. The second kappa shape index (κ2) is 6.34. The predicted octanol–water partition coefficient (Wildman–Crippen LogP) is 2.97. The molecule has 1 amide bonds. The standard InChI is InChI=1S/C17H15N3O2/c21-17(14-8-6-12(7-9-14)11-19-22)20-15-5-1-3-13-4-2-10-18-16(13)15/h1-10,19,22H,11H2,(H,20,21). The SMILES string of the molecule is O=C(Nc1cccc2cccnc12)c1ccc(CNO)cc1. The lowest BCUT2D eigenvalue weighted by Crippen LogP contribution is -2.13. The van der Waals surface area contributed by atoms with E-state index in [1.54, 1.807) is 30.5 Å². The molecule has 3 N–H and O–H groups in total. The van der Waals surface area contributed by atoms with Gasteiger partial charge >= 0.3 is 0 Å². The van der Waals surface area contributed by atoms with Crippen LogP contribution in [0.15, 0.2) is 60.8 Å². The van der Waals surface area contributed by atoms with Crippen molar-refractivity contribution < 1.29 is 10.0 Å². The molecule has 1 aromatic heterocycles. The number of para-hydroxylation sites is 1. The van der Waals surface area contributed by atoms with E-state index < -0.39 is 0 Å². The topological polar surface area (TPSA) is 74.2 Å². The van der Waals surface area contributed by atoms with Crippen LogP contribution >= 0.6 is 0 Å². The third-order valence-electron chi connectivity index (χ3n) is 3.38. The summed E-state index contributed by atoms with van der Waals surface area (Å²) in [4.78, 5) is 16.6. The Morgan fingerprint density at radius 1 is 1.05 bits per heavy atom. The highest BCUT2D eigenvalue weighted by atomic mass is 16.5. The van der Waals surface area contributed by atoms with Gasteiger partial charge in [0.15, 0.2) is 0 Å². The molecular weight excluding hydrogens is 278 g/mol. The number of rotatable bonds is 4. The highest BCUT2D eigenvalue weighted by Crippen LogP contribution is 2.21. The number of pyridine rings is 1. The highest BCUT2D eigenvalue weighted by Gasteiger charge is 2.08. The Kier molecular flexibility index (Phi) is 4.09. The fraction of sp³-hybridized carbons (Fsp3) is 0.0588. The zero-order valence-electron chi connectivity index (χ0n) is 11.8. The minimum absolute atomic E-state index is 0.193. The van der Waals surface area contributed by atoms with Gasteiger partial charge in [0.25, 0.3) is 5.91 Å². The highest BCUT2D eigenvalue weighted by molar-refractivity contribution is 6.08. The van der Waals surface area contributed by atoms with E-state index >= 15 is 0 Å². The minimum atomic E-state index is -0.193. The monoisotopic (exact) mass is 293 g/mol. The molecule has 5 nitrogen and oxygen atoms in total. The molecule has 3 rings (SSSR count). The first kappa shape index (κ1) is 14.2. The molecular formula is C17H15N3O2. The molecule has 0 aliphatic carbocycles. The Bertz CT molecular complexity index is 795. The van der Waals surface area contributed by atoms with Crippen LogP contribution in [0.2, 0.25) is 0 Å². The molecule has 0 saturated heterocycles. The molecule has 1 heterocycles. The van der Waals surface area contributed by atoms with Crippen LogP contribution < -0.4 is 10.8 Å². The molecule has 0 aliphatic heterocycles. The zero-order valence-corrected chi connectivity index (χ0v) is 11.8. The number of aromatic nitrogens is 1. The van der Waals surface area contributed by atoms with Crippen molar-refractivity contribution >= 4 is 22.5 Å². The number of nitrogens with zero attached hydrogens (tertiary/aromatic N) is 1. The first-order chi connectivity index (χ1) is 10.8. The van der Waals surface area contributed by atoms with E-state index in [0.717, 1.165) is 16.5 Å². The second-order valence-corrected chi connectivity index (χ2v) is 4.87. The normalized spacial score (nSPS) is 10.6. The second-order valence-electron chi connectivity index (χ2n) is 4.87. The maximum absolute atomic E-state index is 12.3. The summed E-state index contributed by atoms with van der Waals surface area (Å²) in [5.74, 6) is -0.193. The first-order valence-corrected chi connectivity index (χ1v) is 6.89. The minimum Gasteiger partial charge on any atom is -0.320 e. The van der Waals surface area contributed by atoms with E-state index in [0.29, 0.717) is 17.8 Å². The van der Waals surface area contributed by atoms with Crippen LogP contribution in [0.5, 0.6) is 0 Å². The van der Waals surface area contributed by atoms with Gasteiger partial charge in [0, 0.05) is 23.7 Å². The summed E-state index contributed by atoms with van der Waals surface area (Å²) in [5, 5.41) is 12.5. The van der Waals surface area contributed by atoms with Crippen molar-refractivity contribution in [3.8, 4) is 0 Å². The van der Waals surface area contributed by atoms with E-state index in [-0.39, 0.29) is 5.91 Å². The van der Waals surface area contributed by atoms with Crippen LogP contribution in [0.1, 0.15) is 15.9 Å². The number of benzene rings is 2. The quantitative estimate of drug-likeness (QED) is 0.647. The molecule has 0 saturated carbocycles. The van der Waals surface area contributed by atoms with Crippen molar-refractivity contribution in [2.45, 2.75) is 6.54 Å². The lowest BCUT2D eigenvalue weighted by molar-refractivity contribution is 0.102. The van der Waals surface area contributed by atoms with Crippen molar-refractivity contribution in [1.82, 2.24) is 10.5 Å². The molecule has 110 valence electrons. The lowest BCUT2D eigenvalue weighted by atomic mass is 10.1. The van der Waals surface area contributed by atoms with Gasteiger partial charge in [0.2, 0.25) is 0 Å². The summed E-state index contributed by atoms with van der Waals surface area (Å²) in [6.45, 7) is 0.342. The van der Waals surface area contributed by atoms with E-state index in [4.69, 9.17) is 5.21 Å². The Labute approximate surface area is 127 Å². The Hall–Kier alpha value is -2.76. The van der Waals surface area contributed by atoms with Gasteiger partial charge in [-0.05, 0) is 29.8 Å². The van der Waals surface area contributed by atoms with Crippen molar-refractivity contribution in [3.05, 3.63) is 71.9 Å². The third kappa shape index (κ3) is 2.95. The van der Waals surface area contributed by atoms with Crippen molar-refractivity contribution in [2.24, 2.45) is 0 Å². The molecule has 0 fully saturated rings. The Balaban J connectivity index is 1.83.